The molecule has 8 nitrogen and oxygen atoms in total. The van der Waals surface area contributed by atoms with Gasteiger partial charge in [-0.25, -0.2) is 23.8 Å². The van der Waals surface area contributed by atoms with Gasteiger partial charge in [-0.3, -0.25) is 0 Å². The van der Waals surface area contributed by atoms with Gasteiger partial charge in [0.15, 0.2) is 11.2 Å². The maximum absolute atomic E-state index is 13.1. The van der Waals surface area contributed by atoms with E-state index < -0.39 is 29.1 Å². The van der Waals surface area contributed by atoms with Gasteiger partial charge in [0.1, 0.15) is 11.5 Å². The molecule has 1 unspecified atom stereocenters. The van der Waals surface area contributed by atoms with Crippen LogP contribution in [0.2, 0.25) is 0 Å². The quantitative estimate of drug-likeness (QED) is 0.513. The Bertz CT molecular complexity index is 933. The largest absolute Gasteiger partial charge is 0.433 e. The highest BCUT2D eigenvalue weighted by atomic mass is 32.2. The molecule has 168 valence electrons. The zero-order valence-electron chi connectivity index (χ0n) is 16.5. The van der Waals surface area contributed by atoms with Crippen molar-refractivity contribution in [3.8, 4) is 0 Å². The Hall–Kier alpha value is -2.70. The summed E-state index contributed by atoms with van der Waals surface area (Å²) in [5.41, 5.74) is 0.924. The van der Waals surface area contributed by atoms with E-state index in [1.165, 1.54) is 6.07 Å². The fraction of sp³-hybridized carbons (Fsp3) is 0.368. The van der Waals surface area contributed by atoms with Gasteiger partial charge in [-0.1, -0.05) is 18.2 Å². The van der Waals surface area contributed by atoms with Crippen molar-refractivity contribution < 1.29 is 22.2 Å². The normalized spacial score (nSPS) is 15.0. The summed E-state index contributed by atoms with van der Waals surface area (Å²) in [4.78, 5) is 17.9. The summed E-state index contributed by atoms with van der Waals surface area (Å²) in [6.07, 6.45) is -2.76. The van der Waals surface area contributed by atoms with Gasteiger partial charge in [0, 0.05) is 37.4 Å². The number of nitrogens with one attached hydrogen (secondary N) is 3. The van der Waals surface area contributed by atoms with Crippen molar-refractivity contribution in [3.63, 3.8) is 0 Å². The van der Waals surface area contributed by atoms with Gasteiger partial charge in [0.25, 0.3) is 0 Å². The highest BCUT2D eigenvalue weighted by Gasteiger charge is 2.34. The summed E-state index contributed by atoms with van der Waals surface area (Å²) >= 11 is -1.61. The van der Waals surface area contributed by atoms with E-state index in [0.29, 0.717) is 30.9 Å². The van der Waals surface area contributed by atoms with Crippen molar-refractivity contribution in [2.24, 2.45) is 5.14 Å². The Kier molecular flexibility index (Phi) is 7.46. The molecule has 2 heterocycles. The number of carbonyl (C=O) groups is 1. The highest BCUT2D eigenvalue weighted by molar-refractivity contribution is 7.80. The Labute approximate surface area is 180 Å². The molecule has 0 aliphatic carbocycles. The molecular formula is C19H23F3N6O2S. The van der Waals surface area contributed by atoms with Gasteiger partial charge in [-0.15, -0.1) is 0 Å². The Morgan fingerprint density at radius 1 is 1.10 bits per heavy atom. The number of urea groups is 1. The van der Waals surface area contributed by atoms with Crippen LogP contribution in [0.25, 0.3) is 0 Å². The number of benzene rings is 1. The lowest BCUT2D eigenvalue weighted by Gasteiger charge is -2.21. The highest BCUT2D eigenvalue weighted by Crippen LogP contribution is 2.31. The molecule has 0 bridgehead atoms. The molecule has 1 aromatic heterocycles. The molecule has 31 heavy (non-hydrogen) atoms. The van der Waals surface area contributed by atoms with Crippen LogP contribution in [0.4, 0.5) is 29.5 Å². The van der Waals surface area contributed by atoms with Crippen LogP contribution in [0, 0.1) is 0 Å². The van der Waals surface area contributed by atoms with Crippen molar-refractivity contribution >= 4 is 28.7 Å². The summed E-state index contributed by atoms with van der Waals surface area (Å²) in [5, 5.41) is 10.4. The summed E-state index contributed by atoms with van der Waals surface area (Å²) in [7, 11) is 0. The number of hydrogen-bond acceptors (Lipinski definition) is 4. The molecule has 1 aliphatic heterocycles. The van der Waals surface area contributed by atoms with Crippen LogP contribution in [-0.4, -0.2) is 28.3 Å². The third-order valence-electron chi connectivity index (χ3n) is 4.72. The van der Waals surface area contributed by atoms with E-state index in [-0.39, 0.29) is 12.4 Å². The number of alkyl halides is 3. The van der Waals surface area contributed by atoms with E-state index in [4.69, 9.17) is 5.14 Å². The molecule has 2 aromatic rings. The second kappa shape index (κ2) is 10.1. The Balaban J connectivity index is 1.62. The first-order valence-corrected chi connectivity index (χ1v) is 10.8. The number of rotatable bonds is 7. The number of hydrogen-bond donors (Lipinski definition) is 4. The molecule has 0 radical (unpaired) electrons. The van der Waals surface area contributed by atoms with Gasteiger partial charge in [0.05, 0.1) is 0 Å². The van der Waals surface area contributed by atoms with Gasteiger partial charge in [-0.05, 0) is 36.6 Å². The minimum Gasteiger partial charge on any atom is -0.356 e. The predicted octanol–water partition coefficient (Wildman–Crippen LogP) is 2.65. The molecule has 1 aromatic carbocycles. The number of nitrogens with zero attached hydrogens (tertiary/aromatic N) is 2. The first-order valence-electron chi connectivity index (χ1n) is 9.58. The molecule has 1 fully saturated rings. The maximum Gasteiger partial charge on any atom is 0.433 e. The van der Waals surface area contributed by atoms with Crippen molar-refractivity contribution in [1.29, 1.82) is 0 Å². The summed E-state index contributed by atoms with van der Waals surface area (Å²) in [6.45, 7) is 1.61. The Morgan fingerprint density at radius 3 is 2.39 bits per heavy atom. The number of halogens is 3. The molecule has 5 N–H and O–H groups in total. The van der Waals surface area contributed by atoms with Crippen LogP contribution < -0.4 is 25.4 Å². The zero-order valence-corrected chi connectivity index (χ0v) is 17.4. The fourth-order valence-electron chi connectivity index (χ4n) is 3.19. The summed E-state index contributed by atoms with van der Waals surface area (Å²) in [6, 6.07) is 8.60. The van der Waals surface area contributed by atoms with Crippen LogP contribution in [-0.2, 0) is 30.4 Å². The van der Waals surface area contributed by atoms with Gasteiger partial charge < -0.3 is 15.5 Å². The molecular weight excluding hydrogens is 433 g/mol. The molecule has 0 spiro atoms. The summed E-state index contributed by atoms with van der Waals surface area (Å²) in [5.74, 6) is 0.252. The standard InChI is InChI=1S/C19H23F3N6O2S/c20-19(21,22)16-8-5-14(17(27-16)28-9-1-2-10-28)12-24-18(29)26-15-6-3-13(4-7-15)11-25-31(23)30/h3-8,25H,1-2,9-12,23H2,(H2,24,26,29). The van der Waals surface area contributed by atoms with Gasteiger partial charge in [0.2, 0.25) is 0 Å². The van der Waals surface area contributed by atoms with Crippen molar-refractivity contribution in [1.82, 2.24) is 15.0 Å². The van der Waals surface area contributed by atoms with Crippen LogP contribution in [0.5, 0.6) is 0 Å². The SMILES string of the molecule is NS(=O)NCc1ccc(NC(=O)NCc2ccc(C(F)(F)F)nc2N2CCCC2)cc1. The van der Waals surface area contributed by atoms with Gasteiger partial charge >= 0.3 is 12.2 Å². The molecule has 3 rings (SSSR count). The third kappa shape index (κ3) is 6.64. The number of pyridine rings is 1. The second-order valence-corrected chi connectivity index (χ2v) is 7.88. The zero-order chi connectivity index (χ0) is 22.4. The monoisotopic (exact) mass is 456 g/mol. The van der Waals surface area contributed by atoms with Crippen LogP contribution in [0.3, 0.4) is 0 Å². The first-order chi connectivity index (χ1) is 14.7. The first kappa shape index (κ1) is 23.0. The van der Waals surface area contributed by atoms with Crippen LogP contribution >= 0.6 is 0 Å². The Morgan fingerprint density at radius 2 is 1.77 bits per heavy atom. The molecule has 2 amide bonds. The van der Waals surface area contributed by atoms with E-state index in [2.05, 4.69) is 20.3 Å². The number of nitrogens with two attached hydrogens (primary N) is 1. The molecule has 0 saturated carbocycles. The molecule has 1 aliphatic rings. The van der Waals surface area contributed by atoms with E-state index in [9.17, 15) is 22.2 Å². The minimum absolute atomic E-state index is 0.0348. The predicted molar refractivity (Wildman–Crippen MR) is 112 cm³/mol. The number of aromatic nitrogens is 1. The third-order valence-corrected chi connectivity index (χ3v) is 5.15. The van der Waals surface area contributed by atoms with Gasteiger partial charge in [-0.2, -0.15) is 13.2 Å². The maximum atomic E-state index is 13.1. The number of amides is 2. The molecule has 12 heteroatoms. The minimum atomic E-state index is -4.53. The van der Waals surface area contributed by atoms with Crippen molar-refractivity contribution in [3.05, 3.63) is 53.2 Å². The molecule has 1 atom stereocenters. The second-order valence-electron chi connectivity index (χ2n) is 6.99. The van der Waals surface area contributed by atoms with E-state index in [0.717, 1.165) is 24.5 Å². The van der Waals surface area contributed by atoms with Crippen LogP contribution in [0.15, 0.2) is 36.4 Å². The van der Waals surface area contributed by atoms with E-state index in [1.807, 2.05) is 4.90 Å². The lowest BCUT2D eigenvalue weighted by molar-refractivity contribution is -0.141. The lowest BCUT2D eigenvalue weighted by atomic mass is 10.2. The smallest absolute Gasteiger partial charge is 0.356 e. The van der Waals surface area contributed by atoms with E-state index >= 15 is 0 Å². The lowest BCUT2D eigenvalue weighted by Crippen LogP contribution is -2.30. The summed E-state index contributed by atoms with van der Waals surface area (Å²) < 4.78 is 52.6. The van der Waals surface area contributed by atoms with Crippen molar-refractivity contribution in [2.45, 2.75) is 32.1 Å². The number of carbonyl (C=O) groups excluding carboxylic acids is 1. The van der Waals surface area contributed by atoms with Crippen molar-refractivity contribution in [2.75, 3.05) is 23.3 Å². The topological polar surface area (TPSA) is 112 Å². The molecule has 1 saturated heterocycles. The van der Waals surface area contributed by atoms with E-state index in [1.54, 1.807) is 24.3 Å². The average Bonchev–Trinajstić information content (AvgIpc) is 3.25. The number of anilines is 2. The average molecular weight is 456 g/mol. The van der Waals surface area contributed by atoms with Crippen LogP contribution in [0.1, 0.15) is 29.7 Å². The fourth-order valence-corrected chi connectivity index (χ4v) is 3.50.